The second kappa shape index (κ2) is 13.0. The van der Waals surface area contributed by atoms with Crippen LogP contribution in [0.1, 0.15) is 62.0 Å². The van der Waals surface area contributed by atoms with E-state index in [2.05, 4.69) is 56.8 Å². The summed E-state index contributed by atoms with van der Waals surface area (Å²) in [5, 5.41) is 14.3. The molecule has 1 fully saturated rings. The first-order valence-electron chi connectivity index (χ1n) is 14.3. The third kappa shape index (κ3) is 6.98. The van der Waals surface area contributed by atoms with Crippen molar-refractivity contribution in [3.63, 3.8) is 0 Å². The summed E-state index contributed by atoms with van der Waals surface area (Å²) < 4.78 is 15.7. The number of carbonyl (C=O) groups excluding carboxylic acids is 1. The Morgan fingerprint density at radius 3 is 2.59 bits per heavy atom. The van der Waals surface area contributed by atoms with Crippen LogP contribution in [-0.4, -0.2) is 55.6 Å². The number of fused-ring (bicyclic) bond motifs is 1. The number of nitrogens with one attached hydrogen (secondary N) is 3. The normalized spacial score (nSPS) is 17.1. The van der Waals surface area contributed by atoms with Crippen LogP contribution in [0, 0.1) is 5.82 Å². The molecular formula is C30H38FN9O. The van der Waals surface area contributed by atoms with Gasteiger partial charge in [-0.3, -0.25) is 14.7 Å². The molecule has 41 heavy (non-hydrogen) atoms. The number of halogens is 1. The molecule has 5 rings (SSSR count). The molecule has 11 heteroatoms. The predicted octanol–water partition coefficient (Wildman–Crippen LogP) is 5.17. The molecule has 0 bridgehead atoms. The van der Waals surface area contributed by atoms with Gasteiger partial charge in [-0.2, -0.15) is 0 Å². The van der Waals surface area contributed by atoms with E-state index in [1.807, 2.05) is 18.2 Å². The van der Waals surface area contributed by atoms with E-state index in [-0.39, 0.29) is 23.5 Å². The number of hydrogen-bond donors (Lipinski definition) is 4. The topological polar surface area (TPSA) is 126 Å². The molecule has 1 saturated carbocycles. The fourth-order valence-electron chi connectivity index (χ4n) is 5.19. The summed E-state index contributed by atoms with van der Waals surface area (Å²) in [6.45, 7) is 7.35. The highest BCUT2D eigenvalue weighted by Gasteiger charge is 2.22. The molecule has 4 aromatic rings. The number of nitrogens with two attached hydrogens (primary N) is 1. The lowest BCUT2D eigenvalue weighted by Crippen LogP contribution is -2.33. The standard InChI is InChI=1S/C30H38FN9O/c1-3-15-39(4-2)19-20-5-9-22(10-6-20)35-26-16-28(36-23-11-7-21(32)8-12-23)38-40-27(18-34-29(26)40)30(41)37-25-13-14-33-17-24(25)31/h5-6,9-10,13-14,16-18,21,23,35H,3-4,7-8,11-12,15,19,32H2,1-2H3,(H,36,38)(H,33,37,41). The molecule has 0 radical (unpaired) electrons. The van der Waals surface area contributed by atoms with Crippen LogP contribution in [0.5, 0.6) is 0 Å². The predicted molar refractivity (Wildman–Crippen MR) is 160 cm³/mol. The van der Waals surface area contributed by atoms with Crippen LogP contribution in [0.2, 0.25) is 0 Å². The summed E-state index contributed by atoms with van der Waals surface area (Å²) in [5.74, 6) is -0.542. The van der Waals surface area contributed by atoms with E-state index >= 15 is 0 Å². The number of hydrogen-bond acceptors (Lipinski definition) is 8. The van der Waals surface area contributed by atoms with Gasteiger partial charge in [-0.1, -0.05) is 26.0 Å². The number of benzene rings is 1. The van der Waals surface area contributed by atoms with Crippen LogP contribution in [0.3, 0.4) is 0 Å². The third-order valence-electron chi connectivity index (χ3n) is 7.47. The van der Waals surface area contributed by atoms with Gasteiger partial charge in [0, 0.05) is 36.6 Å². The van der Waals surface area contributed by atoms with E-state index in [1.165, 1.54) is 28.5 Å². The van der Waals surface area contributed by atoms with Gasteiger partial charge in [0.15, 0.2) is 17.2 Å². The largest absolute Gasteiger partial charge is 0.366 e. The number of pyridine rings is 1. The number of amides is 1. The van der Waals surface area contributed by atoms with Crippen LogP contribution in [-0.2, 0) is 6.54 Å². The molecule has 1 aromatic carbocycles. The van der Waals surface area contributed by atoms with Gasteiger partial charge in [0.2, 0.25) is 0 Å². The summed E-state index contributed by atoms with van der Waals surface area (Å²) >= 11 is 0. The monoisotopic (exact) mass is 559 g/mol. The van der Waals surface area contributed by atoms with Crippen molar-refractivity contribution in [3.8, 4) is 0 Å². The number of carbonyl (C=O) groups is 1. The van der Waals surface area contributed by atoms with Gasteiger partial charge in [-0.15, -0.1) is 5.10 Å². The highest BCUT2D eigenvalue weighted by atomic mass is 19.1. The lowest BCUT2D eigenvalue weighted by molar-refractivity contribution is 0.102. The van der Waals surface area contributed by atoms with Gasteiger partial charge in [0.05, 0.1) is 23.8 Å². The van der Waals surface area contributed by atoms with Crippen LogP contribution in [0.4, 0.5) is 27.3 Å². The van der Waals surface area contributed by atoms with E-state index < -0.39 is 11.7 Å². The minimum Gasteiger partial charge on any atom is -0.366 e. The molecule has 1 amide bonds. The maximum Gasteiger partial charge on any atom is 0.276 e. The summed E-state index contributed by atoms with van der Waals surface area (Å²) in [5.41, 5.74) is 9.62. The quantitative estimate of drug-likeness (QED) is 0.198. The van der Waals surface area contributed by atoms with Crippen LogP contribution < -0.4 is 21.7 Å². The van der Waals surface area contributed by atoms with Gasteiger partial charge in [0.1, 0.15) is 5.82 Å². The van der Waals surface area contributed by atoms with Gasteiger partial charge in [-0.05, 0) is 69.0 Å². The molecule has 0 unspecified atom stereocenters. The molecule has 1 aliphatic rings. The fourth-order valence-corrected chi connectivity index (χ4v) is 5.19. The Labute approximate surface area is 239 Å². The number of anilines is 4. The molecule has 216 valence electrons. The zero-order valence-electron chi connectivity index (χ0n) is 23.6. The molecule has 3 aromatic heterocycles. The minimum atomic E-state index is -0.622. The van der Waals surface area contributed by atoms with Gasteiger partial charge in [-0.25, -0.2) is 13.9 Å². The van der Waals surface area contributed by atoms with Crippen molar-refractivity contribution in [1.82, 2.24) is 24.5 Å². The fraction of sp³-hybridized carbons (Fsp3) is 0.400. The Bertz CT molecular complexity index is 1460. The number of nitrogens with zero attached hydrogens (tertiary/aromatic N) is 5. The number of rotatable bonds is 11. The first-order valence-corrected chi connectivity index (χ1v) is 14.3. The molecule has 0 spiro atoms. The third-order valence-corrected chi connectivity index (χ3v) is 7.47. The molecule has 10 nitrogen and oxygen atoms in total. The zero-order valence-corrected chi connectivity index (χ0v) is 23.6. The van der Waals surface area contributed by atoms with Gasteiger partial charge >= 0.3 is 0 Å². The van der Waals surface area contributed by atoms with Crippen molar-refractivity contribution < 1.29 is 9.18 Å². The second-order valence-electron chi connectivity index (χ2n) is 10.6. The first-order chi connectivity index (χ1) is 19.9. The van der Waals surface area contributed by atoms with E-state index in [0.29, 0.717) is 17.2 Å². The minimum absolute atomic E-state index is 0.0341. The average Bonchev–Trinajstić information content (AvgIpc) is 3.41. The molecule has 5 N–H and O–H groups in total. The van der Waals surface area contributed by atoms with E-state index in [1.54, 1.807) is 0 Å². The molecule has 0 aliphatic heterocycles. The lowest BCUT2D eigenvalue weighted by atomic mass is 9.92. The van der Waals surface area contributed by atoms with Gasteiger partial charge < -0.3 is 21.7 Å². The molecule has 0 saturated heterocycles. The van der Waals surface area contributed by atoms with Crippen LogP contribution in [0.15, 0.2) is 55.0 Å². The SMILES string of the molecule is CCCN(CC)Cc1ccc(Nc2cc(NC3CCC(N)CC3)nn3c(C(=O)Nc4ccncc4F)cnc23)cc1. The van der Waals surface area contributed by atoms with Crippen molar-refractivity contribution in [1.29, 1.82) is 0 Å². The van der Waals surface area contributed by atoms with E-state index in [4.69, 9.17) is 10.8 Å². The Morgan fingerprint density at radius 1 is 1.10 bits per heavy atom. The number of aromatic nitrogens is 4. The van der Waals surface area contributed by atoms with E-state index in [0.717, 1.165) is 63.6 Å². The van der Waals surface area contributed by atoms with Crippen molar-refractivity contribution in [2.75, 3.05) is 29.0 Å². The molecule has 1 aliphatic carbocycles. The molecular weight excluding hydrogens is 521 g/mol. The van der Waals surface area contributed by atoms with Gasteiger partial charge in [0.25, 0.3) is 5.91 Å². The maximum absolute atomic E-state index is 14.2. The van der Waals surface area contributed by atoms with E-state index in [9.17, 15) is 9.18 Å². The Kier molecular flexibility index (Phi) is 9.05. The maximum atomic E-state index is 14.2. The molecule has 0 atom stereocenters. The average molecular weight is 560 g/mol. The van der Waals surface area contributed by atoms with Crippen molar-refractivity contribution in [2.45, 2.75) is 64.6 Å². The summed E-state index contributed by atoms with van der Waals surface area (Å²) in [7, 11) is 0. The molecule has 3 heterocycles. The van der Waals surface area contributed by atoms with Crippen molar-refractivity contribution >= 4 is 34.4 Å². The summed E-state index contributed by atoms with van der Waals surface area (Å²) in [6, 6.07) is 12.1. The summed E-state index contributed by atoms with van der Waals surface area (Å²) in [6.07, 6.45) is 8.81. The first kappa shape index (κ1) is 28.4. The lowest BCUT2D eigenvalue weighted by Gasteiger charge is -2.27. The highest BCUT2D eigenvalue weighted by Crippen LogP contribution is 2.27. The van der Waals surface area contributed by atoms with Crippen LogP contribution >= 0.6 is 0 Å². The van der Waals surface area contributed by atoms with Crippen molar-refractivity contribution in [3.05, 3.63) is 72.1 Å². The second-order valence-corrected chi connectivity index (χ2v) is 10.6. The Balaban J connectivity index is 1.43. The smallest absolute Gasteiger partial charge is 0.276 e. The highest BCUT2D eigenvalue weighted by molar-refractivity contribution is 6.03. The number of imidazole rings is 1. The Hall–Kier alpha value is -4.09. The Morgan fingerprint density at radius 2 is 1.88 bits per heavy atom. The zero-order chi connectivity index (χ0) is 28.8. The summed E-state index contributed by atoms with van der Waals surface area (Å²) in [4.78, 5) is 23.8. The van der Waals surface area contributed by atoms with Crippen LogP contribution in [0.25, 0.3) is 5.65 Å². The van der Waals surface area contributed by atoms with Crippen molar-refractivity contribution in [2.24, 2.45) is 5.73 Å².